The van der Waals surface area contributed by atoms with Crippen LogP contribution in [0.15, 0.2) is 257 Å². The summed E-state index contributed by atoms with van der Waals surface area (Å²) in [6.07, 6.45) is 15.6. The van der Waals surface area contributed by atoms with Gasteiger partial charge in [0.2, 0.25) is 0 Å². The quantitative estimate of drug-likeness (QED) is 0.0375. The van der Waals surface area contributed by atoms with Crippen molar-refractivity contribution in [3.05, 3.63) is 280 Å². The van der Waals surface area contributed by atoms with E-state index in [4.69, 9.17) is 0 Å². The number of non-ortho nitro benzene ring substituents is 2. The molecule has 0 unspecified atom stereocenters. The summed E-state index contributed by atoms with van der Waals surface area (Å²) in [5.41, 5.74) is 8.45. The Kier molecular flexibility index (Phi) is 24.2. The number of H-pyrrole nitrogens is 1. The van der Waals surface area contributed by atoms with E-state index in [1.165, 1.54) is 132 Å². The molecule has 0 aliphatic carbocycles. The molecular formula is C80H80LiN7O13S4Sn. The number of para-hydroxylation sites is 3. The van der Waals surface area contributed by atoms with Gasteiger partial charge in [-0.15, -0.1) is 0 Å². The molecule has 0 aliphatic rings. The van der Waals surface area contributed by atoms with Crippen LogP contribution in [0.4, 0.5) is 11.4 Å². The minimum absolute atomic E-state index is 0. The molecule has 542 valence electrons. The van der Waals surface area contributed by atoms with Gasteiger partial charge >= 0.3 is 219 Å². The molecule has 0 atom stereocenters. The number of hydrogen-bond acceptors (Lipinski definition) is 13. The predicted octanol–water partition coefficient (Wildman–Crippen LogP) is 15.6. The second-order valence-electron chi connectivity index (χ2n) is 26.4. The molecule has 20 nitrogen and oxygen atoms in total. The average molecular weight is 1600 g/mol. The molecule has 0 saturated heterocycles. The van der Waals surface area contributed by atoms with Crippen LogP contribution in [0.1, 0.15) is 81.5 Å². The van der Waals surface area contributed by atoms with Crippen molar-refractivity contribution < 1.29 is 67.9 Å². The summed E-state index contributed by atoms with van der Waals surface area (Å²) >= 11 is -2.81. The first-order valence-electron chi connectivity index (χ1n) is 34.4. The van der Waals surface area contributed by atoms with E-state index < -0.39 is 68.3 Å². The fraction of sp³-hybridized carbons (Fsp3) is 0.200. The Morgan fingerprint density at radius 3 is 1.04 bits per heavy atom. The second-order valence-corrected chi connectivity index (χ2v) is 46.8. The number of benzene rings is 9. The van der Waals surface area contributed by atoms with Crippen molar-refractivity contribution >= 4 is 128 Å². The van der Waals surface area contributed by atoms with Crippen LogP contribution in [0.3, 0.4) is 0 Å². The molecule has 5 heterocycles. The van der Waals surface area contributed by atoms with E-state index in [0.29, 0.717) is 54.3 Å². The molecule has 0 spiro atoms. The Balaban J connectivity index is 0.000000171. The first kappa shape index (κ1) is 79.2. The molecule has 106 heavy (non-hydrogen) atoms. The minimum atomic E-state index is -4.10. The van der Waals surface area contributed by atoms with Crippen molar-refractivity contribution in [3.8, 4) is 22.3 Å². The van der Waals surface area contributed by atoms with E-state index in [1.807, 2.05) is 64.1 Å². The molecule has 0 bridgehead atoms. The number of nitrogens with zero attached hydrogens (tertiary/aromatic N) is 6. The zero-order valence-electron chi connectivity index (χ0n) is 60.0. The van der Waals surface area contributed by atoms with Crippen LogP contribution in [-0.4, -0.2) is 88.2 Å². The van der Waals surface area contributed by atoms with Gasteiger partial charge in [-0.05, 0) is 81.4 Å². The molecule has 5 aromatic heterocycles. The smallest absolute Gasteiger partial charge is 0.870 e. The van der Waals surface area contributed by atoms with Crippen LogP contribution in [-0.2, 0) is 40.1 Å². The van der Waals surface area contributed by atoms with Gasteiger partial charge in [-0.25, -0.2) is 37.2 Å². The fourth-order valence-corrected chi connectivity index (χ4v) is 36.1. The summed E-state index contributed by atoms with van der Waals surface area (Å²) < 4.78 is 120. The van der Waals surface area contributed by atoms with Gasteiger partial charge in [0.05, 0.1) is 41.1 Å². The Morgan fingerprint density at radius 1 is 0.368 bits per heavy atom. The van der Waals surface area contributed by atoms with Crippen molar-refractivity contribution in [2.24, 2.45) is 0 Å². The van der Waals surface area contributed by atoms with Gasteiger partial charge in [0, 0.05) is 98.4 Å². The van der Waals surface area contributed by atoms with E-state index >= 15 is 0 Å². The zero-order chi connectivity index (χ0) is 74.0. The SMILES string of the molecule is CCC[CH2][Sn]([CH2]CCC)([CH2]CCC)[c]1cn(S(=O)(=O)c2ccc(C)cc2)c2ccccc12.Cc1ccc(S(=O)(=O)n2cc(-c3c[nH]c4ccc([N+](=O)[O-])cc34)c3ccccc32)cc1.Cc1ccc(S(=O)(=O)n2cc(-c3cn(S(=O)(=O)c4ccc(C)cc4)c4ccc([N+](=O)[O-])cc34)c3ccccc32)cc1.[Li+].[OH-]. The molecule has 0 aliphatic heterocycles. The third-order valence-corrected chi connectivity index (χ3v) is 41.7. The van der Waals surface area contributed by atoms with Gasteiger partial charge in [-0.3, -0.25) is 20.2 Å². The Bertz CT molecular complexity index is 6050. The topological polar surface area (TPSA) is 288 Å². The van der Waals surface area contributed by atoms with Crippen molar-refractivity contribution in [2.45, 2.75) is 120 Å². The standard InChI is InChI=1S/C30H23N3O6S2.C23H17N3O4S.C15H12NO2S.3C4H9.Li.H2O.Sn/c1-20-7-12-23(13-8-20)40(36,37)31-18-27(25-5-3-4-6-29(25)31)28-19-32(30-16-11-22(33(34)35)17-26(28)30)41(38,39)24-14-9-21(2)10-15-24;1-15-6-9-17(10-7-15)31(29,30)25-14-21(18-4-2-3-5-23(18)25)20-13-24-22-11-8-16(26(27)28)12-19(20)22;1-12-6-8-14(9-7-12)19(17,18)16-11-10-13-4-2-3-5-15(13)16;3*1-3-4-2;;;/h3-19H,1-2H3;2-14,24H,1H3;2-9,11H,1H3;3*1,3-4H2,2H3;;1H2;/q;;;;;;+1;;/p-1. The molecule has 14 aromatic rings. The van der Waals surface area contributed by atoms with Crippen LogP contribution in [0.5, 0.6) is 0 Å². The molecule has 0 amide bonds. The predicted molar refractivity (Wildman–Crippen MR) is 419 cm³/mol. The molecule has 26 heteroatoms. The van der Waals surface area contributed by atoms with Crippen LogP contribution in [0.25, 0.3) is 76.8 Å². The molecule has 0 saturated carbocycles. The van der Waals surface area contributed by atoms with Gasteiger partial charge in [0.15, 0.2) is 0 Å². The summed E-state index contributed by atoms with van der Waals surface area (Å²) in [7, 11) is -15.6. The fourth-order valence-electron chi connectivity index (χ4n) is 13.7. The maximum Gasteiger partial charge on any atom is 1.00 e. The largest absolute Gasteiger partial charge is 1.00 e. The first-order valence-corrected chi connectivity index (χ1v) is 47.6. The third-order valence-electron chi connectivity index (χ3n) is 19.4. The number of nitrogens with one attached hydrogen (secondary N) is 1. The summed E-state index contributed by atoms with van der Waals surface area (Å²) in [5, 5.41) is 26.4. The molecular weight excluding hydrogens is 1520 g/mol. The van der Waals surface area contributed by atoms with Gasteiger partial charge in [0.25, 0.3) is 41.4 Å². The third kappa shape index (κ3) is 15.5. The number of unbranched alkanes of at least 4 members (excludes halogenated alkanes) is 3. The maximum absolute atomic E-state index is 13.8. The number of fused-ring (bicyclic) bond motifs is 5. The van der Waals surface area contributed by atoms with Gasteiger partial charge < -0.3 is 10.5 Å². The summed E-state index contributed by atoms with van der Waals surface area (Å²) in [5.74, 6) is 0. The number of nitro groups is 2. The van der Waals surface area contributed by atoms with Crippen molar-refractivity contribution in [2.75, 3.05) is 0 Å². The van der Waals surface area contributed by atoms with Crippen LogP contribution >= 0.6 is 0 Å². The van der Waals surface area contributed by atoms with E-state index in [9.17, 15) is 53.9 Å². The second kappa shape index (κ2) is 32.4. The number of nitro benzene ring substituents is 2. The number of aromatic amines is 1. The molecule has 0 fully saturated rings. The number of aromatic nitrogens is 5. The van der Waals surface area contributed by atoms with E-state index in [1.54, 1.807) is 119 Å². The molecule has 9 aromatic carbocycles. The minimum Gasteiger partial charge on any atom is -0.870 e. The van der Waals surface area contributed by atoms with Crippen molar-refractivity contribution in [1.29, 1.82) is 0 Å². The Labute approximate surface area is 633 Å². The molecule has 0 radical (unpaired) electrons. The van der Waals surface area contributed by atoms with Gasteiger partial charge in [-0.2, -0.15) is 0 Å². The van der Waals surface area contributed by atoms with E-state index in [2.05, 4.69) is 44.1 Å². The monoisotopic (exact) mass is 1600 g/mol. The first-order chi connectivity index (χ1) is 49.7. The van der Waals surface area contributed by atoms with Gasteiger partial charge in [0.1, 0.15) is 0 Å². The number of aryl methyl sites for hydroxylation is 4. The number of rotatable bonds is 22. The average Bonchev–Trinajstić information content (AvgIpc) is 1.59. The summed E-state index contributed by atoms with van der Waals surface area (Å²) in [6.45, 7) is 14.4. The van der Waals surface area contributed by atoms with Crippen molar-refractivity contribution in [1.82, 2.24) is 20.9 Å². The Hall–Kier alpha value is -9.36. The van der Waals surface area contributed by atoms with E-state index in [-0.39, 0.29) is 55.9 Å². The molecule has 14 rings (SSSR count). The summed E-state index contributed by atoms with van der Waals surface area (Å²) in [6, 6.07) is 57.6. The maximum atomic E-state index is 13.8. The van der Waals surface area contributed by atoms with E-state index in [0.717, 1.165) is 46.6 Å². The van der Waals surface area contributed by atoms with Crippen LogP contribution in [0, 0.1) is 47.9 Å². The van der Waals surface area contributed by atoms with Crippen LogP contribution in [0.2, 0.25) is 13.3 Å². The van der Waals surface area contributed by atoms with Gasteiger partial charge in [-0.1, -0.05) is 89.5 Å². The Morgan fingerprint density at radius 2 is 0.670 bits per heavy atom. The number of hydrogen-bond donors (Lipinski definition) is 1. The summed E-state index contributed by atoms with van der Waals surface area (Å²) in [4.78, 5) is 25.8. The van der Waals surface area contributed by atoms with Crippen molar-refractivity contribution in [3.63, 3.8) is 0 Å². The normalized spacial score (nSPS) is 12.0. The van der Waals surface area contributed by atoms with Crippen LogP contribution < -0.4 is 22.4 Å². The molecule has 2 N–H and O–H groups in total. The zero-order valence-corrected chi connectivity index (χ0v) is 66.2.